The quantitative estimate of drug-likeness (QED) is 0.890. The Morgan fingerprint density at radius 3 is 2.70 bits per heavy atom. The first-order valence-corrected chi connectivity index (χ1v) is 6.67. The molecule has 2 aromatic heterocycles. The molecule has 0 amide bonds. The van der Waals surface area contributed by atoms with Crippen LogP contribution in [0.5, 0.6) is 0 Å². The van der Waals surface area contributed by atoms with E-state index in [0.717, 1.165) is 25.9 Å². The highest BCUT2D eigenvalue weighted by Gasteiger charge is 2.19. The summed E-state index contributed by atoms with van der Waals surface area (Å²) < 4.78 is 1.72. The van der Waals surface area contributed by atoms with E-state index in [9.17, 15) is 14.7 Å². The van der Waals surface area contributed by atoms with Crippen LogP contribution < -0.4 is 10.4 Å². The summed E-state index contributed by atoms with van der Waals surface area (Å²) in [5.41, 5.74) is -0.172. The molecule has 0 atom stereocenters. The van der Waals surface area contributed by atoms with Gasteiger partial charge in [-0.2, -0.15) is 0 Å². The lowest BCUT2D eigenvalue weighted by molar-refractivity contribution is 0.0695. The Morgan fingerprint density at radius 1 is 1.25 bits per heavy atom. The molecule has 3 heterocycles. The number of hydrogen-bond acceptors (Lipinski definition) is 4. The van der Waals surface area contributed by atoms with Crippen molar-refractivity contribution < 1.29 is 9.90 Å². The number of aromatic carboxylic acids is 1. The maximum atomic E-state index is 12.2. The van der Waals surface area contributed by atoms with Crippen LogP contribution in [0.25, 0.3) is 11.0 Å². The van der Waals surface area contributed by atoms with Gasteiger partial charge in [-0.3, -0.25) is 4.79 Å². The highest BCUT2D eigenvalue weighted by molar-refractivity contribution is 5.91. The van der Waals surface area contributed by atoms with E-state index in [2.05, 4.69) is 4.98 Å². The van der Waals surface area contributed by atoms with Crippen molar-refractivity contribution in [3.8, 4) is 0 Å². The molecule has 1 aliphatic rings. The standard InChI is InChI=1S/C14H15N3O3/c18-12-10-5-4-6-15-13(10)17(9-11(12)14(19)20)16-7-2-1-3-8-16/h4-6,9H,1-3,7-8H2,(H,19,20). The van der Waals surface area contributed by atoms with Gasteiger partial charge in [0.2, 0.25) is 5.43 Å². The van der Waals surface area contributed by atoms with Crippen LogP contribution in [0.4, 0.5) is 0 Å². The normalized spacial score (nSPS) is 15.5. The molecule has 0 saturated carbocycles. The topological polar surface area (TPSA) is 75.4 Å². The number of rotatable bonds is 2. The van der Waals surface area contributed by atoms with Crippen molar-refractivity contribution in [3.63, 3.8) is 0 Å². The maximum Gasteiger partial charge on any atom is 0.341 e. The largest absolute Gasteiger partial charge is 0.477 e. The Labute approximate surface area is 115 Å². The fourth-order valence-electron chi connectivity index (χ4n) is 2.60. The number of carboxylic acids is 1. The molecule has 0 aromatic carbocycles. The minimum Gasteiger partial charge on any atom is -0.477 e. The molecule has 0 radical (unpaired) electrons. The van der Waals surface area contributed by atoms with Gasteiger partial charge in [0.1, 0.15) is 5.56 Å². The number of hydrogen-bond donors (Lipinski definition) is 1. The number of carboxylic acid groups (broad SMARTS) is 1. The summed E-state index contributed by atoms with van der Waals surface area (Å²) in [4.78, 5) is 27.6. The van der Waals surface area contributed by atoms with Gasteiger partial charge in [-0.25, -0.2) is 14.5 Å². The van der Waals surface area contributed by atoms with Crippen molar-refractivity contribution >= 4 is 17.0 Å². The Balaban J connectivity index is 2.26. The predicted molar refractivity (Wildman–Crippen MR) is 74.8 cm³/mol. The van der Waals surface area contributed by atoms with Gasteiger partial charge >= 0.3 is 5.97 Å². The van der Waals surface area contributed by atoms with E-state index in [1.54, 1.807) is 23.0 Å². The number of piperidine rings is 1. The van der Waals surface area contributed by atoms with Gasteiger partial charge in [-0.15, -0.1) is 0 Å². The molecule has 0 aliphatic carbocycles. The maximum absolute atomic E-state index is 12.2. The molecule has 6 nitrogen and oxygen atoms in total. The van der Waals surface area contributed by atoms with Crippen LogP contribution in [0.2, 0.25) is 0 Å². The van der Waals surface area contributed by atoms with Crippen molar-refractivity contribution in [2.75, 3.05) is 18.1 Å². The molecular weight excluding hydrogens is 258 g/mol. The smallest absolute Gasteiger partial charge is 0.341 e. The van der Waals surface area contributed by atoms with Gasteiger partial charge in [0.05, 0.1) is 5.39 Å². The molecule has 6 heteroatoms. The summed E-state index contributed by atoms with van der Waals surface area (Å²) >= 11 is 0. The van der Waals surface area contributed by atoms with Crippen molar-refractivity contribution in [3.05, 3.63) is 40.3 Å². The van der Waals surface area contributed by atoms with Crippen molar-refractivity contribution in [2.24, 2.45) is 0 Å². The lowest BCUT2D eigenvalue weighted by Gasteiger charge is -2.31. The molecule has 104 valence electrons. The first kappa shape index (κ1) is 12.7. The Kier molecular flexibility index (Phi) is 3.14. The molecule has 3 rings (SSSR count). The van der Waals surface area contributed by atoms with Crippen molar-refractivity contribution in [1.82, 2.24) is 9.66 Å². The monoisotopic (exact) mass is 273 g/mol. The molecular formula is C14H15N3O3. The predicted octanol–water partition coefficient (Wildman–Crippen LogP) is 1.22. The fourth-order valence-corrected chi connectivity index (χ4v) is 2.60. The van der Waals surface area contributed by atoms with Crippen LogP contribution in [0.15, 0.2) is 29.3 Å². The lowest BCUT2D eigenvalue weighted by atomic mass is 10.1. The second-order valence-corrected chi connectivity index (χ2v) is 4.91. The van der Waals surface area contributed by atoms with Gasteiger partial charge in [-0.05, 0) is 31.4 Å². The fraction of sp³-hybridized carbons (Fsp3) is 0.357. The van der Waals surface area contributed by atoms with E-state index < -0.39 is 11.4 Å². The number of carbonyl (C=O) groups is 1. The highest BCUT2D eigenvalue weighted by atomic mass is 16.4. The first-order valence-electron chi connectivity index (χ1n) is 6.67. The zero-order valence-electron chi connectivity index (χ0n) is 11.0. The number of nitrogens with zero attached hydrogens (tertiary/aromatic N) is 3. The minimum atomic E-state index is -1.20. The number of fused-ring (bicyclic) bond motifs is 1. The molecule has 1 aliphatic heterocycles. The molecule has 1 fully saturated rings. The highest BCUT2D eigenvalue weighted by Crippen LogP contribution is 2.14. The molecule has 0 spiro atoms. The SMILES string of the molecule is O=C(O)c1cn(N2CCCCC2)c2ncccc2c1=O. The summed E-state index contributed by atoms with van der Waals surface area (Å²) in [6.07, 6.45) is 6.30. The minimum absolute atomic E-state index is 0.212. The van der Waals surface area contributed by atoms with Gasteiger partial charge in [0.25, 0.3) is 0 Å². The van der Waals surface area contributed by atoms with Gasteiger partial charge in [0.15, 0.2) is 5.65 Å². The van der Waals surface area contributed by atoms with Gasteiger partial charge in [-0.1, -0.05) is 0 Å². The zero-order valence-corrected chi connectivity index (χ0v) is 11.0. The summed E-state index contributed by atoms with van der Waals surface area (Å²) in [6.45, 7) is 1.68. The van der Waals surface area contributed by atoms with Crippen molar-refractivity contribution in [2.45, 2.75) is 19.3 Å². The number of aromatic nitrogens is 2. The molecule has 2 aromatic rings. The van der Waals surface area contributed by atoms with Crippen LogP contribution in [0.1, 0.15) is 29.6 Å². The first-order chi connectivity index (χ1) is 9.68. The number of pyridine rings is 2. The molecule has 0 unspecified atom stereocenters. The van der Waals surface area contributed by atoms with Crippen LogP contribution in [0.3, 0.4) is 0 Å². The second-order valence-electron chi connectivity index (χ2n) is 4.91. The van der Waals surface area contributed by atoms with E-state index in [1.807, 2.05) is 5.01 Å². The van der Waals surface area contributed by atoms with E-state index in [0.29, 0.717) is 11.0 Å². The molecule has 20 heavy (non-hydrogen) atoms. The summed E-state index contributed by atoms with van der Waals surface area (Å²) in [5.74, 6) is -1.20. The Bertz CT molecular complexity index is 717. The van der Waals surface area contributed by atoms with E-state index in [-0.39, 0.29) is 5.56 Å². The third-order valence-corrected chi connectivity index (χ3v) is 3.61. The van der Waals surface area contributed by atoms with Crippen LogP contribution in [-0.2, 0) is 0 Å². The van der Waals surface area contributed by atoms with Gasteiger partial charge in [0, 0.05) is 25.5 Å². The summed E-state index contributed by atoms with van der Waals surface area (Å²) in [7, 11) is 0. The molecule has 0 bridgehead atoms. The lowest BCUT2D eigenvalue weighted by Crippen LogP contribution is -2.40. The van der Waals surface area contributed by atoms with Crippen LogP contribution in [0, 0.1) is 0 Å². The zero-order chi connectivity index (χ0) is 14.1. The van der Waals surface area contributed by atoms with Crippen molar-refractivity contribution in [1.29, 1.82) is 0 Å². The Hall–Kier alpha value is -2.37. The summed E-state index contributed by atoms with van der Waals surface area (Å²) in [5, 5.41) is 11.6. The average molecular weight is 273 g/mol. The second kappa shape index (κ2) is 4.96. The summed E-state index contributed by atoms with van der Waals surface area (Å²) in [6, 6.07) is 3.27. The molecule has 1 saturated heterocycles. The Morgan fingerprint density at radius 2 is 2.00 bits per heavy atom. The molecule has 1 N–H and O–H groups in total. The van der Waals surface area contributed by atoms with E-state index in [1.165, 1.54) is 12.6 Å². The van der Waals surface area contributed by atoms with Crippen LogP contribution >= 0.6 is 0 Å². The average Bonchev–Trinajstić information content (AvgIpc) is 2.48. The third-order valence-electron chi connectivity index (χ3n) is 3.61. The van der Waals surface area contributed by atoms with E-state index in [4.69, 9.17) is 0 Å². The third kappa shape index (κ3) is 2.03. The van der Waals surface area contributed by atoms with E-state index >= 15 is 0 Å². The van der Waals surface area contributed by atoms with Crippen LogP contribution in [-0.4, -0.2) is 33.8 Å². The van der Waals surface area contributed by atoms with Gasteiger partial charge < -0.3 is 10.1 Å².